The first-order chi connectivity index (χ1) is 5.65. The highest BCUT2D eigenvalue weighted by molar-refractivity contribution is 6.36. The minimum atomic E-state index is -1.67. The minimum Gasteiger partial charge on any atom is -0.379 e. The van der Waals surface area contributed by atoms with Crippen LogP contribution in [0.25, 0.3) is 0 Å². The molecule has 0 N–H and O–H groups in total. The van der Waals surface area contributed by atoms with Gasteiger partial charge in [0.25, 0.3) is 0 Å². The Hall–Kier alpha value is -0.493. The molecule has 70 valence electrons. The molecule has 0 fully saturated rings. The number of aryl methyl sites for hydroxylation is 1. The second-order valence-electron chi connectivity index (χ2n) is 2.19. The van der Waals surface area contributed by atoms with Crippen LogP contribution in [-0.2, 0) is 13.3 Å². The van der Waals surface area contributed by atoms with Gasteiger partial charge in [-0.05, 0) is 13.0 Å². The van der Waals surface area contributed by atoms with E-state index in [1.807, 2.05) is 6.92 Å². The molecule has 4 nitrogen and oxygen atoms in total. The second-order valence-corrected chi connectivity index (χ2v) is 4.18. The van der Waals surface area contributed by atoms with E-state index >= 15 is 0 Å². The highest BCUT2D eigenvalue weighted by Gasteiger charge is 2.04. The third-order valence-corrected chi connectivity index (χ3v) is 2.38. The largest absolute Gasteiger partial charge is 0.483 e. The van der Waals surface area contributed by atoms with E-state index in [4.69, 9.17) is 13.3 Å². The van der Waals surface area contributed by atoms with Crippen LogP contribution in [0.4, 0.5) is 0 Å². The van der Waals surface area contributed by atoms with E-state index in [1.54, 1.807) is 27.4 Å². The van der Waals surface area contributed by atoms with Crippen molar-refractivity contribution in [3.63, 3.8) is 0 Å². The zero-order valence-electron chi connectivity index (χ0n) is 7.79. The summed E-state index contributed by atoms with van der Waals surface area (Å²) in [7, 11) is 3.05. The van der Waals surface area contributed by atoms with Crippen LogP contribution in [0.3, 0.4) is 0 Å². The Morgan fingerprint density at radius 3 is 1.42 bits per heavy atom. The fourth-order valence-electron chi connectivity index (χ4n) is 0.449. The summed E-state index contributed by atoms with van der Waals surface area (Å²) in [6.07, 6.45) is 0. The molecule has 0 bridgehead atoms. The Morgan fingerprint density at radius 2 is 1.42 bits per heavy atom. The smallest absolute Gasteiger partial charge is 0.379 e. The molecule has 0 spiro atoms. The summed E-state index contributed by atoms with van der Waals surface area (Å²) in [6.45, 7) is 1.81. The van der Waals surface area contributed by atoms with E-state index < -0.39 is 9.53 Å². The third kappa shape index (κ3) is 5.20. The van der Waals surface area contributed by atoms with Crippen molar-refractivity contribution in [2.45, 2.75) is 6.92 Å². The molecule has 5 heteroatoms. The zero-order valence-corrected chi connectivity index (χ0v) is 8.94. The lowest BCUT2D eigenvalue weighted by Gasteiger charge is -2.05. The predicted molar refractivity (Wildman–Crippen MR) is 48.0 cm³/mol. The second kappa shape index (κ2) is 6.07. The van der Waals surface area contributed by atoms with Crippen molar-refractivity contribution in [2.75, 3.05) is 21.3 Å². The molecule has 0 amide bonds. The molecule has 0 radical (unpaired) electrons. The average Bonchev–Trinajstić information content (AvgIpc) is 2.69. The molecule has 0 heterocycles. The van der Waals surface area contributed by atoms with Crippen molar-refractivity contribution in [2.24, 2.45) is 0 Å². The molecule has 0 aliphatic heterocycles. The highest BCUT2D eigenvalue weighted by Crippen LogP contribution is 1.85. The fourth-order valence-corrected chi connectivity index (χ4v) is 1.03. The maximum absolute atomic E-state index is 9.79. The van der Waals surface area contributed by atoms with Crippen molar-refractivity contribution >= 4 is 9.53 Å². The topological polar surface area (TPSA) is 44.8 Å². The van der Waals surface area contributed by atoms with Crippen molar-refractivity contribution in [3.8, 4) is 0 Å². The lowest BCUT2D eigenvalue weighted by molar-refractivity contribution is 0.163. The van der Waals surface area contributed by atoms with E-state index in [0.29, 0.717) is 0 Å². The van der Waals surface area contributed by atoms with Gasteiger partial charge in [-0.1, -0.05) is 0 Å². The van der Waals surface area contributed by atoms with Crippen LogP contribution in [-0.4, -0.2) is 30.9 Å². The maximum atomic E-state index is 9.79. The molecule has 1 rings (SSSR count). The van der Waals surface area contributed by atoms with Gasteiger partial charge in [-0.25, -0.2) is 0 Å². The van der Waals surface area contributed by atoms with Gasteiger partial charge in [0.1, 0.15) is 0 Å². The Balaban J connectivity index is 0.000000211. The third-order valence-electron chi connectivity index (χ3n) is 1.23. The van der Waals surface area contributed by atoms with Gasteiger partial charge in [0, 0.05) is 26.9 Å². The molecule has 0 unspecified atom stereocenters. The van der Waals surface area contributed by atoms with Gasteiger partial charge in [0.15, 0.2) is 5.43 Å². The quantitative estimate of drug-likeness (QED) is 0.623. The monoisotopic (exact) mass is 190 g/mol. The number of hydrogen-bond donors (Lipinski definition) is 0. The molecule has 0 aliphatic carbocycles. The SMILES string of the molecule is CO[SiH](OC)OC.Cc1cc1=O. The van der Waals surface area contributed by atoms with Gasteiger partial charge in [-0.3, -0.25) is 4.79 Å². The van der Waals surface area contributed by atoms with Gasteiger partial charge in [0.2, 0.25) is 0 Å². The molecular formula is C7H14O4Si. The van der Waals surface area contributed by atoms with Gasteiger partial charge in [-0.15, -0.1) is 0 Å². The lowest BCUT2D eigenvalue weighted by Crippen LogP contribution is -2.21. The summed E-state index contributed by atoms with van der Waals surface area (Å²) in [5, 5.41) is 0. The molecule has 0 saturated carbocycles. The summed E-state index contributed by atoms with van der Waals surface area (Å²) in [4.78, 5) is 9.79. The van der Waals surface area contributed by atoms with Crippen LogP contribution >= 0.6 is 0 Å². The minimum absolute atomic E-state index is 0.213. The van der Waals surface area contributed by atoms with Crippen molar-refractivity contribution in [1.29, 1.82) is 0 Å². The normalized spacial score (nSPS) is 10.1. The van der Waals surface area contributed by atoms with Gasteiger partial charge in [-0.2, -0.15) is 0 Å². The maximum Gasteiger partial charge on any atom is 0.483 e. The van der Waals surface area contributed by atoms with E-state index in [9.17, 15) is 4.79 Å². The van der Waals surface area contributed by atoms with Crippen LogP contribution in [0.1, 0.15) is 5.56 Å². The van der Waals surface area contributed by atoms with Crippen molar-refractivity contribution < 1.29 is 13.3 Å². The molecule has 0 aromatic heterocycles. The Morgan fingerprint density at radius 1 is 1.17 bits per heavy atom. The van der Waals surface area contributed by atoms with Gasteiger partial charge >= 0.3 is 9.53 Å². The average molecular weight is 190 g/mol. The lowest BCUT2D eigenvalue weighted by atomic mass is 10.7. The predicted octanol–water partition coefficient (Wildman–Crippen LogP) is -0.126. The fraction of sp³-hybridized carbons (Fsp3) is 0.571. The van der Waals surface area contributed by atoms with E-state index in [-0.39, 0.29) is 5.43 Å². The molecular weight excluding hydrogens is 176 g/mol. The van der Waals surface area contributed by atoms with Gasteiger partial charge < -0.3 is 13.3 Å². The molecule has 12 heavy (non-hydrogen) atoms. The molecule has 1 aromatic carbocycles. The van der Waals surface area contributed by atoms with E-state index in [1.165, 1.54) is 0 Å². The molecule has 0 aliphatic rings. The summed E-state index contributed by atoms with van der Waals surface area (Å²) in [5.41, 5.74) is 1.12. The summed E-state index contributed by atoms with van der Waals surface area (Å²) < 4.78 is 14.2. The van der Waals surface area contributed by atoms with Crippen LogP contribution in [0.2, 0.25) is 0 Å². The van der Waals surface area contributed by atoms with Crippen molar-refractivity contribution in [3.05, 3.63) is 21.9 Å². The number of rotatable bonds is 3. The van der Waals surface area contributed by atoms with Crippen LogP contribution in [0.15, 0.2) is 10.9 Å². The zero-order chi connectivity index (χ0) is 9.56. The number of hydrogen-bond acceptors (Lipinski definition) is 4. The Bertz CT molecular complexity index is 207. The first-order valence-electron chi connectivity index (χ1n) is 3.46. The van der Waals surface area contributed by atoms with E-state index in [2.05, 4.69) is 0 Å². The Labute approximate surface area is 73.7 Å². The highest BCUT2D eigenvalue weighted by atomic mass is 28.3. The summed E-state index contributed by atoms with van der Waals surface area (Å²) in [6, 6.07) is 1.61. The Kier molecular flexibility index (Phi) is 5.82. The van der Waals surface area contributed by atoms with Crippen LogP contribution in [0.5, 0.6) is 0 Å². The standard InChI is InChI=1S/C4H4O.C3H10O3Si/c1-3-2-4(3)5;1-4-7(5-2)6-3/h2H,1H3;7H,1-3H3. The molecule has 1 aromatic rings. The summed E-state index contributed by atoms with van der Waals surface area (Å²) in [5.74, 6) is 0. The first kappa shape index (κ1) is 11.5. The molecule has 0 saturated heterocycles. The van der Waals surface area contributed by atoms with Crippen molar-refractivity contribution in [1.82, 2.24) is 0 Å². The van der Waals surface area contributed by atoms with E-state index in [0.717, 1.165) is 5.56 Å². The first-order valence-corrected chi connectivity index (χ1v) is 4.88. The summed E-state index contributed by atoms with van der Waals surface area (Å²) >= 11 is 0. The van der Waals surface area contributed by atoms with Crippen LogP contribution in [0, 0.1) is 6.92 Å². The van der Waals surface area contributed by atoms with Gasteiger partial charge in [0.05, 0.1) is 0 Å². The van der Waals surface area contributed by atoms with Crippen LogP contribution < -0.4 is 5.43 Å². The molecule has 0 atom stereocenters.